The Morgan fingerprint density at radius 1 is 1.23 bits per heavy atom. The van der Waals surface area contributed by atoms with Crippen molar-refractivity contribution < 1.29 is 9.90 Å². The van der Waals surface area contributed by atoms with Crippen LogP contribution in [0.1, 0.15) is 32.6 Å². The summed E-state index contributed by atoms with van der Waals surface area (Å²) in [5.74, 6) is -0.764. The van der Waals surface area contributed by atoms with E-state index in [0.717, 1.165) is 42.2 Å². The average molecular weight is 318 g/mol. The molecule has 4 nitrogen and oxygen atoms in total. The summed E-state index contributed by atoms with van der Waals surface area (Å²) in [5.41, 5.74) is 2.05. The van der Waals surface area contributed by atoms with E-state index in [1.165, 1.54) is 0 Å². The second-order valence-electron chi connectivity index (χ2n) is 5.22. The molecule has 0 saturated heterocycles. The molecule has 1 aromatic heterocycles. The van der Waals surface area contributed by atoms with Gasteiger partial charge in [0.05, 0.1) is 12.1 Å². The highest BCUT2D eigenvalue weighted by Crippen LogP contribution is 2.27. The van der Waals surface area contributed by atoms with Gasteiger partial charge in [0.15, 0.2) is 5.13 Å². The van der Waals surface area contributed by atoms with Gasteiger partial charge in [-0.2, -0.15) is 0 Å². The summed E-state index contributed by atoms with van der Waals surface area (Å²) in [6, 6.07) is 10.1. The Bertz CT molecular complexity index is 583. The van der Waals surface area contributed by atoms with Gasteiger partial charge in [-0.25, -0.2) is 4.98 Å². The highest BCUT2D eigenvalue weighted by atomic mass is 32.1. The maximum atomic E-state index is 10.8. The molecule has 0 amide bonds. The third kappa shape index (κ3) is 4.84. The molecule has 0 aliphatic rings. The molecule has 0 aliphatic heterocycles. The van der Waals surface area contributed by atoms with Gasteiger partial charge in [0.2, 0.25) is 0 Å². The predicted octanol–water partition coefficient (Wildman–Crippen LogP) is 4.28. The quantitative estimate of drug-likeness (QED) is 0.701. The number of nitrogens with zero attached hydrogens (tertiary/aromatic N) is 2. The molecule has 2 rings (SSSR count). The zero-order valence-electron chi connectivity index (χ0n) is 12.9. The highest BCUT2D eigenvalue weighted by molar-refractivity contribution is 7.14. The van der Waals surface area contributed by atoms with Crippen molar-refractivity contribution in [2.24, 2.45) is 0 Å². The van der Waals surface area contributed by atoms with Crippen molar-refractivity contribution in [1.82, 2.24) is 4.98 Å². The van der Waals surface area contributed by atoms with Gasteiger partial charge in [-0.3, -0.25) is 4.79 Å². The van der Waals surface area contributed by atoms with Crippen molar-refractivity contribution >= 4 is 22.4 Å². The third-order valence-electron chi connectivity index (χ3n) is 3.46. The second-order valence-corrected chi connectivity index (χ2v) is 6.06. The van der Waals surface area contributed by atoms with E-state index in [9.17, 15) is 4.79 Å². The third-order valence-corrected chi connectivity index (χ3v) is 4.36. The van der Waals surface area contributed by atoms with Crippen molar-refractivity contribution in [1.29, 1.82) is 0 Å². The van der Waals surface area contributed by atoms with Crippen molar-refractivity contribution in [3.05, 3.63) is 35.7 Å². The normalized spacial score (nSPS) is 10.6. The molecule has 22 heavy (non-hydrogen) atoms. The Balaban J connectivity index is 2.09. The lowest BCUT2D eigenvalue weighted by Crippen LogP contribution is -2.27. The van der Waals surface area contributed by atoms with Crippen molar-refractivity contribution in [2.75, 3.05) is 18.0 Å². The van der Waals surface area contributed by atoms with E-state index < -0.39 is 5.97 Å². The molecular weight excluding hydrogens is 296 g/mol. The highest BCUT2D eigenvalue weighted by Gasteiger charge is 2.13. The van der Waals surface area contributed by atoms with E-state index in [0.29, 0.717) is 6.54 Å². The van der Waals surface area contributed by atoms with Crippen LogP contribution in [-0.4, -0.2) is 29.1 Å². The van der Waals surface area contributed by atoms with E-state index in [4.69, 9.17) is 5.11 Å². The molecule has 118 valence electrons. The molecule has 0 saturated carbocycles. The van der Waals surface area contributed by atoms with Gasteiger partial charge in [0.25, 0.3) is 0 Å². The van der Waals surface area contributed by atoms with Crippen LogP contribution in [0.3, 0.4) is 0 Å². The topological polar surface area (TPSA) is 53.4 Å². The minimum Gasteiger partial charge on any atom is -0.481 e. The van der Waals surface area contributed by atoms with E-state index in [2.05, 4.69) is 16.8 Å². The first-order valence-electron chi connectivity index (χ1n) is 7.68. The second kappa shape index (κ2) is 8.54. The largest absolute Gasteiger partial charge is 0.481 e. The van der Waals surface area contributed by atoms with Gasteiger partial charge in [-0.05, 0) is 6.42 Å². The lowest BCUT2D eigenvalue weighted by atomic mass is 10.2. The van der Waals surface area contributed by atoms with Crippen LogP contribution in [0.25, 0.3) is 11.3 Å². The van der Waals surface area contributed by atoms with Crippen molar-refractivity contribution in [3.8, 4) is 11.3 Å². The first-order chi connectivity index (χ1) is 10.7. The van der Waals surface area contributed by atoms with E-state index >= 15 is 0 Å². The maximum absolute atomic E-state index is 10.8. The fourth-order valence-electron chi connectivity index (χ4n) is 2.24. The summed E-state index contributed by atoms with van der Waals surface area (Å²) in [6.07, 6.45) is 3.52. The summed E-state index contributed by atoms with van der Waals surface area (Å²) >= 11 is 1.58. The molecular formula is C17H22N2O2S. The summed E-state index contributed by atoms with van der Waals surface area (Å²) < 4.78 is 0. The van der Waals surface area contributed by atoms with Crippen LogP contribution in [0, 0.1) is 0 Å². The molecule has 1 N–H and O–H groups in total. The monoisotopic (exact) mass is 318 g/mol. The molecule has 1 aromatic carbocycles. The minimum atomic E-state index is -0.764. The van der Waals surface area contributed by atoms with Crippen LogP contribution >= 0.6 is 11.3 Å². The van der Waals surface area contributed by atoms with Crippen molar-refractivity contribution in [3.63, 3.8) is 0 Å². The summed E-state index contributed by atoms with van der Waals surface area (Å²) in [6.45, 7) is 3.54. The van der Waals surface area contributed by atoms with E-state index in [1.54, 1.807) is 11.3 Å². The van der Waals surface area contributed by atoms with Gasteiger partial charge < -0.3 is 10.0 Å². The summed E-state index contributed by atoms with van der Waals surface area (Å²) in [5, 5.41) is 11.9. The molecule has 0 spiro atoms. The number of carboxylic acid groups (broad SMARTS) is 1. The Hall–Kier alpha value is -1.88. The van der Waals surface area contributed by atoms with Gasteiger partial charge in [0, 0.05) is 24.0 Å². The molecule has 2 aromatic rings. The number of aromatic nitrogens is 1. The molecule has 1 heterocycles. The predicted molar refractivity (Wildman–Crippen MR) is 91.5 cm³/mol. The van der Waals surface area contributed by atoms with Crippen LogP contribution in [-0.2, 0) is 4.79 Å². The number of carboxylic acids is 1. The number of rotatable bonds is 9. The fourth-order valence-corrected chi connectivity index (χ4v) is 3.13. The number of anilines is 1. The van der Waals surface area contributed by atoms with Crippen LogP contribution in [0.2, 0.25) is 0 Å². The van der Waals surface area contributed by atoms with Crippen LogP contribution < -0.4 is 4.90 Å². The number of carbonyl (C=O) groups is 1. The first kappa shape index (κ1) is 16.5. The van der Waals surface area contributed by atoms with E-state index in [-0.39, 0.29) is 6.42 Å². The van der Waals surface area contributed by atoms with Crippen LogP contribution in [0.15, 0.2) is 35.7 Å². The van der Waals surface area contributed by atoms with Crippen molar-refractivity contribution in [2.45, 2.75) is 32.6 Å². The number of aliphatic carboxylic acids is 1. The number of thiazole rings is 1. The van der Waals surface area contributed by atoms with Gasteiger partial charge >= 0.3 is 5.97 Å². The Labute approximate surface area is 135 Å². The number of hydrogen-bond acceptors (Lipinski definition) is 4. The Morgan fingerprint density at radius 2 is 2.00 bits per heavy atom. The zero-order chi connectivity index (χ0) is 15.8. The van der Waals surface area contributed by atoms with E-state index in [1.807, 2.05) is 35.7 Å². The lowest BCUT2D eigenvalue weighted by Gasteiger charge is -2.20. The van der Waals surface area contributed by atoms with Gasteiger partial charge in [-0.15, -0.1) is 11.3 Å². The summed E-state index contributed by atoms with van der Waals surface area (Å²) in [4.78, 5) is 17.6. The molecule has 5 heteroatoms. The van der Waals surface area contributed by atoms with Crippen LogP contribution in [0.5, 0.6) is 0 Å². The van der Waals surface area contributed by atoms with Gasteiger partial charge in [0.1, 0.15) is 0 Å². The van der Waals surface area contributed by atoms with Crippen LogP contribution in [0.4, 0.5) is 5.13 Å². The lowest BCUT2D eigenvalue weighted by molar-refractivity contribution is -0.136. The number of hydrogen-bond donors (Lipinski definition) is 1. The number of unbranched alkanes of at least 4 members (excludes halogenated alkanes) is 2. The maximum Gasteiger partial charge on any atom is 0.305 e. The molecule has 0 radical (unpaired) electrons. The number of benzene rings is 1. The van der Waals surface area contributed by atoms with Gasteiger partial charge in [-0.1, -0.05) is 50.1 Å². The standard InChI is InChI=1S/C17H22N2O2S/c1-2-3-7-11-19(12-10-16(20)21)17-18-15(13-22-17)14-8-5-4-6-9-14/h4-6,8-9,13H,2-3,7,10-12H2,1H3,(H,20,21). The summed E-state index contributed by atoms with van der Waals surface area (Å²) in [7, 11) is 0. The molecule has 0 atom stereocenters. The fraction of sp³-hybridized carbons (Fsp3) is 0.412. The molecule has 0 aliphatic carbocycles. The SMILES string of the molecule is CCCCCN(CCC(=O)O)c1nc(-c2ccccc2)cs1. The molecule has 0 unspecified atom stereocenters. The first-order valence-corrected chi connectivity index (χ1v) is 8.56. The average Bonchev–Trinajstić information content (AvgIpc) is 3.01. The molecule has 0 fully saturated rings. The smallest absolute Gasteiger partial charge is 0.305 e. The zero-order valence-corrected chi connectivity index (χ0v) is 13.7. The molecule has 0 bridgehead atoms. The Morgan fingerprint density at radius 3 is 2.68 bits per heavy atom. The Kier molecular flexibility index (Phi) is 6.40. The minimum absolute atomic E-state index is 0.145.